The molecule has 0 aromatic carbocycles. The highest BCUT2D eigenvalue weighted by Crippen LogP contribution is 2.12. The number of hydrogen-bond acceptors (Lipinski definition) is 4. The van der Waals surface area contributed by atoms with Gasteiger partial charge in [-0.15, -0.1) is 0 Å². The van der Waals surface area contributed by atoms with Crippen LogP contribution < -0.4 is 11.1 Å². The van der Waals surface area contributed by atoms with Gasteiger partial charge >= 0.3 is 5.97 Å². The van der Waals surface area contributed by atoms with Crippen LogP contribution in [0.3, 0.4) is 0 Å². The lowest BCUT2D eigenvalue weighted by molar-refractivity contribution is -0.144. The molecule has 0 saturated carbocycles. The molecule has 7 heteroatoms. The van der Waals surface area contributed by atoms with Gasteiger partial charge < -0.3 is 20.9 Å². The van der Waals surface area contributed by atoms with E-state index in [-0.39, 0.29) is 0 Å². The van der Waals surface area contributed by atoms with Gasteiger partial charge in [-0.25, -0.2) is 4.79 Å². The van der Waals surface area contributed by atoms with Crippen molar-refractivity contribution >= 4 is 17.8 Å². The Morgan fingerprint density at radius 1 is 1.50 bits per heavy atom. The predicted molar refractivity (Wildman–Crippen MR) is 52.4 cm³/mol. The molecule has 0 spiro atoms. The lowest BCUT2D eigenvalue weighted by Crippen LogP contribution is -2.47. The summed E-state index contributed by atoms with van der Waals surface area (Å²) in [5.74, 6) is -2.57. The smallest absolute Gasteiger partial charge is 0.326 e. The van der Waals surface area contributed by atoms with Crippen molar-refractivity contribution in [1.82, 2.24) is 5.32 Å². The van der Waals surface area contributed by atoms with Crippen LogP contribution in [0.5, 0.6) is 0 Å². The number of rotatable bonds is 5. The number of carboxylic acid groups (broad SMARTS) is 1. The summed E-state index contributed by atoms with van der Waals surface area (Å²) in [4.78, 5) is 32.8. The maximum atomic E-state index is 11.5. The Morgan fingerprint density at radius 3 is 2.62 bits per heavy atom. The number of nitrogens with two attached hydrogens (primary N) is 1. The summed E-state index contributed by atoms with van der Waals surface area (Å²) in [6, 6.07) is -1.28. The first kappa shape index (κ1) is 12.4. The molecule has 0 unspecified atom stereocenters. The molecule has 1 aliphatic heterocycles. The van der Waals surface area contributed by atoms with Gasteiger partial charge in [0.25, 0.3) is 0 Å². The van der Waals surface area contributed by atoms with Crippen LogP contribution in [0.25, 0.3) is 0 Å². The Bertz CT molecular complexity index is 298. The van der Waals surface area contributed by atoms with Gasteiger partial charge in [-0.1, -0.05) is 0 Å². The van der Waals surface area contributed by atoms with Crippen molar-refractivity contribution in [2.24, 2.45) is 5.73 Å². The Hall–Kier alpha value is -1.63. The molecule has 1 rings (SSSR count). The van der Waals surface area contributed by atoms with Gasteiger partial charge in [-0.3, -0.25) is 9.59 Å². The molecule has 16 heavy (non-hydrogen) atoms. The van der Waals surface area contributed by atoms with Crippen molar-refractivity contribution in [3.8, 4) is 0 Å². The van der Waals surface area contributed by atoms with Gasteiger partial charge in [0.1, 0.15) is 12.1 Å². The number of carbonyl (C=O) groups excluding carboxylic acids is 2. The second kappa shape index (κ2) is 5.45. The van der Waals surface area contributed by atoms with Crippen LogP contribution in [-0.4, -0.2) is 41.6 Å². The first-order chi connectivity index (χ1) is 7.50. The summed E-state index contributed by atoms with van der Waals surface area (Å²) in [7, 11) is 0. The molecular formula is C9H14N2O5. The van der Waals surface area contributed by atoms with Crippen LogP contribution in [0.2, 0.25) is 0 Å². The van der Waals surface area contributed by atoms with Crippen molar-refractivity contribution in [1.29, 1.82) is 0 Å². The number of nitrogens with one attached hydrogen (secondary N) is 1. The molecule has 0 aromatic heterocycles. The van der Waals surface area contributed by atoms with Crippen molar-refractivity contribution in [3.63, 3.8) is 0 Å². The number of carbonyl (C=O) groups is 3. The monoisotopic (exact) mass is 230 g/mol. The summed E-state index contributed by atoms with van der Waals surface area (Å²) >= 11 is 0. The normalized spacial score (nSPS) is 21.4. The molecule has 2 atom stereocenters. The molecule has 1 aliphatic rings. The quantitative estimate of drug-likeness (QED) is 0.537. The second-order valence-electron chi connectivity index (χ2n) is 3.57. The molecule has 2 amide bonds. The van der Waals surface area contributed by atoms with Crippen LogP contribution in [0.1, 0.15) is 19.3 Å². The van der Waals surface area contributed by atoms with E-state index < -0.39 is 36.4 Å². The topological polar surface area (TPSA) is 119 Å². The molecule has 1 saturated heterocycles. The van der Waals surface area contributed by atoms with Crippen LogP contribution in [0, 0.1) is 0 Å². The highest BCUT2D eigenvalue weighted by Gasteiger charge is 2.28. The van der Waals surface area contributed by atoms with E-state index in [0.29, 0.717) is 13.0 Å². The number of aliphatic carboxylic acids is 1. The first-order valence-electron chi connectivity index (χ1n) is 4.94. The highest BCUT2D eigenvalue weighted by atomic mass is 16.5. The average molecular weight is 230 g/mol. The molecule has 1 heterocycles. The van der Waals surface area contributed by atoms with E-state index in [1.54, 1.807) is 0 Å². The standard InChI is InChI=1S/C9H14N2O5/c10-7(12)4-5(9(14)15)11-8(13)6-2-1-3-16-6/h5-6H,1-4H2,(H2,10,12)(H,11,13)(H,14,15)/t5-,6-/m1/s1. The summed E-state index contributed by atoms with van der Waals surface area (Å²) in [6.45, 7) is 0.492. The fourth-order valence-electron chi connectivity index (χ4n) is 1.45. The Morgan fingerprint density at radius 2 is 2.19 bits per heavy atom. The van der Waals surface area contributed by atoms with E-state index in [9.17, 15) is 14.4 Å². The zero-order valence-electron chi connectivity index (χ0n) is 8.64. The minimum atomic E-state index is -1.29. The summed E-state index contributed by atoms with van der Waals surface area (Å²) in [6.07, 6.45) is 0.295. The first-order valence-corrected chi connectivity index (χ1v) is 4.94. The fraction of sp³-hybridized carbons (Fsp3) is 0.667. The van der Waals surface area contributed by atoms with Gasteiger partial charge in [0.05, 0.1) is 6.42 Å². The molecule has 7 nitrogen and oxygen atoms in total. The largest absolute Gasteiger partial charge is 0.480 e. The van der Waals surface area contributed by atoms with Crippen molar-refractivity contribution in [2.45, 2.75) is 31.4 Å². The van der Waals surface area contributed by atoms with E-state index in [4.69, 9.17) is 15.6 Å². The highest BCUT2D eigenvalue weighted by molar-refractivity contribution is 5.89. The number of amides is 2. The van der Waals surface area contributed by atoms with Crippen LogP contribution in [0.4, 0.5) is 0 Å². The summed E-state index contributed by atoms with van der Waals surface area (Å²) in [5, 5.41) is 11.0. The van der Waals surface area contributed by atoms with E-state index in [1.807, 2.05) is 0 Å². The molecule has 0 aromatic rings. The van der Waals surface area contributed by atoms with Crippen LogP contribution >= 0.6 is 0 Å². The Balaban J connectivity index is 2.50. The van der Waals surface area contributed by atoms with Gasteiger partial charge in [0.15, 0.2) is 0 Å². The minimum Gasteiger partial charge on any atom is -0.480 e. The lowest BCUT2D eigenvalue weighted by Gasteiger charge is -2.15. The number of primary amides is 1. The van der Waals surface area contributed by atoms with Crippen molar-refractivity contribution in [3.05, 3.63) is 0 Å². The van der Waals surface area contributed by atoms with E-state index in [1.165, 1.54) is 0 Å². The third-order valence-electron chi connectivity index (χ3n) is 2.24. The van der Waals surface area contributed by atoms with Crippen molar-refractivity contribution < 1.29 is 24.2 Å². The molecule has 0 radical (unpaired) electrons. The Kier molecular flexibility index (Phi) is 4.24. The number of ether oxygens (including phenoxy) is 1. The van der Waals surface area contributed by atoms with Crippen molar-refractivity contribution in [2.75, 3.05) is 6.61 Å². The molecule has 0 aliphatic carbocycles. The van der Waals surface area contributed by atoms with E-state index >= 15 is 0 Å². The van der Waals surface area contributed by atoms with Crippen LogP contribution in [0.15, 0.2) is 0 Å². The predicted octanol–water partition coefficient (Wildman–Crippen LogP) is -1.39. The minimum absolute atomic E-state index is 0.423. The molecule has 4 N–H and O–H groups in total. The number of carboxylic acids is 1. The van der Waals surface area contributed by atoms with Crippen LogP contribution in [-0.2, 0) is 19.1 Å². The van der Waals surface area contributed by atoms with Gasteiger partial charge in [-0.2, -0.15) is 0 Å². The third kappa shape index (κ3) is 3.50. The number of hydrogen-bond donors (Lipinski definition) is 3. The molecular weight excluding hydrogens is 216 g/mol. The average Bonchev–Trinajstić information content (AvgIpc) is 2.68. The lowest BCUT2D eigenvalue weighted by atomic mass is 10.1. The van der Waals surface area contributed by atoms with Gasteiger partial charge in [0.2, 0.25) is 11.8 Å². The fourth-order valence-corrected chi connectivity index (χ4v) is 1.45. The zero-order chi connectivity index (χ0) is 12.1. The summed E-state index contributed by atoms with van der Waals surface area (Å²) < 4.78 is 5.08. The third-order valence-corrected chi connectivity index (χ3v) is 2.24. The Labute approximate surface area is 91.9 Å². The zero-order valence-corrected chi connectivity index (χ0v) is 8.64. The molecule has 0 bridgehead atoms. The SMILES string of the molecule is NC(=O)C[C@@H](NC(=O)[C@H]1CCCO1)C(=O)O. The molecule has 90 valence electrons. The van der Waals surface area contributed by atoms with E-state index in [0.717, 1.165) is 6.42 Å². The summed E-state index contributed by atoms with van der Waals surface area (Å²) in [5.41, 5.74) is 4.88. The van der Waals surface area contributed by atoms with Gasteiger partial charge in [0, 0.05) is 6.61 Å². The van der Waals surface area contributed by atoms with Gasteiger partial charge in [-0.05, 0) is 12.8 Å². The van der Waals surface area contributed by atoms with E-state index in [2.05, 4.69) is 5.32 Å². The molecule has 1 fully saturated rings. The maximum absolute atomic E-state index is 11.5. The second-order valence-corrected chi connectivity index (χ2v) is 3.57. The maximum Gasteiger partial charge on any atom is 0.326 e.